The Balaban J connectivity index is 2.79. The Morgan fingerprint density at radius 3 is 2.64 bits per heavy atom. The molecule has 1 rings (SSSR count). The molecule has 0 unspecified atom stereocenters. The van der Waals surface area contributed by atoms with Crippen molar-refractivity contribution < 1.29 is 5.11 Å². The number of thioether (sulfide) groups is 1. The molecule has 2 heteroatoms. The van der Waals surface area contributed by atoms with Crippen molar-refractivity contribution in [3.63, 3.8) is 0 Å². The lowest BCUT2D eigenvalue weighted by molar-refractivity contribution is 0.171. The largest absolute Gasteiger partial charge is 0.388 e. The van der Waals surface area contributed by atoms with Crippen LogP contribution in [0.5, 0.6) is 0 Å². The Morgan fingerprint density at radius 1 is 1.29 bits per heavy atom. The van der Waals surface area contributed by atoms with Crippen LogP contribution in [0.1, 0.15) is 38.4 Å². The van der Waals surface area contributed by atoms with Gasteiger partial charge in [-0.2, -0.15) is 0 Å². The van der Waals surface area contributed by atoms with Gasteiger partial charge in [-0.1, -0.05) is 32.0 Å². The standard InChI is InChI=1S/C12H18OS/c1-3-9-14-12-8-6-5-7-10(12)11(13)4-2/h5-8,11,13H,3-4,9H2,1-2H3/t11-/m1/s1. The first-order chi connectivity index (χ1) is 6.79. The molecule has 0 heterocycles. The summed E-state index contributed by atoms with van der Waals surface area (Å²) in [5.74, 6) is 1.12. The first-order valence-electron chi connectivity index (χ1n) is 5.19. The Hall–Kier alpha value is -0.470. The highest BCUT2D eigenvalue weighted by molar-refractivity contribution is 7.99. The molecule has 1 nitrogen and oxygen atoms in total. The summed E-state index contributed by atoms with van der Waals surface area (Å²) >= 11 is 1.83. The molecule has 1 atom stereocenters. The van der Waals surface area contributed by atoms with E-state index in [1.54, 1.807) is 0 Å². The van der Waals surface area contributed by atoms with Crippen molar-refractivity contribution in [2.24, 2.45) is 0 Å². The summed E-state index contributed by atoms with van der Waals surface area (Å²) in [6.45, 7) is 4.18. The molecule has 0 aliphatic carbocycles. The summed E-state index contributed by atoms with van der Waals surface area (Å²) in [5.41, 5.74) is 1.08. The van der Waals surface area contributed by atoms with Crippen LogP contribution < -0.4 is 0 Å². The van der Waals surface area contributed by atoms with Crippen LogP contribution in [0.25, 0.3) is 0 Å². The van der Waals surface area contributed by atoms with Gasteiger partial charge in [0.25, 0.3) is 0 Å². The van der Waals surface area contributed by atoms with Crippen molar-refractivity contribution in [2.45, 2.75) is 37.7 Å². The van der Waals surface area contributed by atoms with Crippen LogP contribution in [0.3, 0.4) is 0 Å². The van der Waals surface area contributed by atoms with Gasteiger partial charge in [-0.3, -0.25) is 0 Å². The van der Waals surface area contributed by atoms with Crippen molar-refractivity contribution in [3.05, 3.63) is 29.8 Å². The Morgan fingerprint density at radius 2 is 2.00 bits per heavy atom. The maximum Gasteiger partial charge on any atom is 0.0798 e. The zero-order chi connectivity index (χ0) is 10.4. The molecule has 14 heavy (non-hydrogen) atoms. The van der Waals surface area contributed by atoms with E-state index in [1.165, 1.54) is 11.3 Å². The zero-order valence-electron chi connectivity index (χ0n) is 8.86. The molecule has 0 bridgehead atoms. The van der Waals surface area contributed by atoms with E-state index in [1.807, 2.05) is 36.9 Å². The van der Waals surface area contributed by atoms with Gasteiger partial charge in [0, 0.05) is 4.90 Å². The second kappa shape index (κ2) is 6.10. The minimum Gasteiger partial charge on any atom is -0.388 e. The lowest BCUT2D eigenvalue weighted by atomic mass is 10.1. The van der Waals surface area contributed by atoms with E-state index >= 15 is 0 Å². The molecule has 0 aromatic heterocycles. The lowest BCUT2D eigenvalue weighted by Crippen LogP contribution is -1.97. The fourth-order valence-electron chi connectivity index (χ4n) is 1.32. The topological polar surface area (TPSA) is 20.2 Å². The van der Waals surface area contributed by atoms with Crippen LogP contribution in [-0.4, -0.2) is 10.9 Å². The summed E-state index contributed by atoms with van der Waals surface area (Å²) in [6.07, 6.45) is 1.64. The van der Waals surface area contributed by atoms with Crippen LogP contribution in [-0.2, 0) is 0 Å². The first kappa shape index (κ1) is 11.6. The molecule has 1 aromatic rings. The Labute approximate surface area is 90.5 Å². The van der Waals surface area contributed by atoms with Gasteiger partial charge in [0.1, 0.15) is 0 Å². The number of rotatable bonds is 5. The van der Waals surface area contributed by atoms with E-state index in [4.69, 9.17) is 0 Å². The molecular formula is C12H18OS. The minimum atomic E-state index is -0.310. The summed E-state index contributed by atoms with van der Waals surface area (Å²) in [6, 6.07) is 8.13. The van der Waals surface area contributed by atoms with Crippen molar-refractivity contribution in [1.29, 1.82) is 0 Å². The first-order valence-corrected chi connectivity index (χ1v) is 6.18. The molecule has 0 aliphatic heterocycles. The highest BCUT2D eigenvalue weighted by atomic mass is 32.2. The van der Waals surface area contributed by atoms with Gasteiger partial charge in [0.2, 0.25) is 0 Å². The molecule has 0 saturated heterocycles. The van der Waals surface area contributed by atoms with E-state index in [0.717, 1.165) is 17.7 Å². The molecule has 0 amide bonds. The van der Waals surface area contributed by atoms with Crippen molar-refractivity contribution in [2.75, 3.05) is 5.75 Å². The van der Waals surface area contributed by atoms with E-state index in [0.29, 0.717) is 0 Å². The summed E-state index contributed by atoms with van der Waals surface area (Å²) in [5, 5.41) is 9.80. The molecule has 0 aliphatic rings. The molecule has 0 saturated carbocycles. The zero-order valence-corrected chi connectivity index (χ0v) is 9.68. The van der Waals surface area contributed by atoms with Gasteiger partial charge in [-0.25, -0.2) is 0 Å². The third kappa shape index (κ3) is 3.03. The van der Waals surface area contributed by atoms with E-state index in [9.17, 15) is 5.11 Å². The van der Waals surface area contributed by atoms with Crippen LogP contribution in [0, 0.1) is 0 Å². The van der Waals surface area contributed by atoms with Gasteiger partial charge < -0.3 is 5.11 Å². The molecule has 1 aromatic carbocycles. The monoisotopic (exact) mass is 210 g/mol. The Bertz CT molecular complexity index is 273. The predicted octanol–water partition coefficient (Wildman–Crippen LogP) is 3.63. The average molecular weight is 210 g/mol. The van der Waals surface area contributed by atoms with Gasteiger partial charge in [-0.15, -0.1) is 11.8 Å². The second-order valence-electron chi connectivity index (χ2n) is 3.31. The van der Waals surface area contributed by atoms with Gasteiger partial charge >= 0.3 is 0 Å². The van der Waals surface area contributed by atoms with Crippen LogP contribution in [0.4, 0.5) is 0 Å². The highest BCUT2D eigenvalue weighted by Gasteiger charge is 2.09. The van der Waals surface area contributed by atoms with Crippen LogP contribution in [0.15, 0.2) is 29.2 Å². The summed E-state index contributed by atoms with van der Waals surface area (Å²) in [4.78, 5) is 1.23. The molecule has 0 spiro atoms. The fourth-order valence-corrected chi connectivity index (χ4v) is 2.29. The SMILES string of the molecule is CCCSc1ccccc1[C@H](O)CC. The molecule has 1 N–H and O–H groups in total. The molecule has 0 fully saturated rings. The fraction of sp³-hybridized carbons (Fsp3) is 0.500. The van der Waals surface area contributed by atoms with E-state index in [2.05, 4.69) is 13.0 Å². The van der Waals surface area contributed by atoms with Crippen molar-refractivity contribution in [3.8, 4) is 0 Å². The van der Waals surface area contributed by atoms with E-state index in [-0.39, 0.29) is 6.10 Å². The molecular weight excluding hydrogens is 192 g/mol. The lowest BCUT2D eigenvalue weighted by Gasteiger charge is -2.12. The average Bonchev–Trinajstić information content (AvgIpc) is 2.25. The summed E-state index contributed by atoms with van der Waals surface area (Å²) in [7, 11) is 0. The third-order valence-electron chi connectivity index (χ3n) is 2.13. The molecule has 78 valence electrons. The van der Waals surface area contributed by atoms with Crippen LogP contribution >= 0.6 is 11.8 Å². The Kier molecular flexibility index (Phi) is 5.05. The maximum absolute atomic E-state index is 9.80. The summed E-state index contributed by atoms with van der Waals surface area (Å²) < 4.78 is 0. The number of benzene rings is 1. The van der Waals surface area contributed by atoms with Crippen molar-refractivity contribution >= 4 is 11.8 Å². The minimum absolute atomic E-state index is 0.310. The number of aliphatic hydroxyl groups excluding tert-OH is 1. The van der Waals surface area contributed by atoms with Gasteiger partial charge in [0.15, 0.2) is 0 Å². The van der Waals surface area contributed by atoms with E-state index < -0.39 is 0 Å². The van der Waals surface area contributed by atoms with Gasteiger partial charge in [-0.05, 0) is 30.2 Å². The molecule has 0 radical (unpaired) electrons. The van der Waals surface area contributed by atoms with Crippen molar-refractivity contribution in [1.82, 2.24) is 0 Å². The maximum atomic E-state index is 9.80. The second-order valence-corrected chi connectivity index (χ2v) is 4.45. The number of aliphatic hydroxyl groups is 1. The highest BCUT2D eigenvalue weighted by Crippen LogP contribution is 2.29. The predicted molar refractivity (Wildman–Crippen MR) is 62.7 cm³/mol. The smallest absolute Gasteiger partial charge is 0.0798 e. The van der Waals surface area contributed by atoms with Gasteiger partial charge in [0.05, 0.1) is 6.10 Å². The van der Waals surface area contributed by atoms with Crippen LogP contribution in [0.2, 0.25) is 0 Å². The number of hydrogen-bond acceptors (Lipinski definition) is 2. The number of hydrogen-bond donors (Lipinski definition) is 1. The normalized spacial score (nSPS) is 12.8. The quantitative estimate of drug-likeness (QED) is 0.749. The third-order valence-corrected chi connectivity index (χ3v) is 3.42.